The summed E-state index contributed by atoms with van der Waals surface area (Å²) in [4.78, 5) is 48.0. The van der Waals surface area contributed by atoms with E-state index in [1.165, 1.54) is 12.4 Å². The molecule has 66 heavy (non-hydrogen) atoms. The number of carboxylic acids is 3. The van der Waals surface area contributed by atoms with Gasteiger partial charge in [0.05, 0.1) is 42.8 Å². The number of hydrogen-bond acceptors (Lipinski definition) is 14. The van der Waals surface area contributed by atoms with Crippen LogP contribution in [-0.4, -0.2) is 146 Å². The maximum Gasteiger partial charge on any atom is 0.490 e. The van der Waals surface area contributed by atoms with Crippen LogP contribution in [0.4, 0.5) is 52.7 Å². The van der Waals surface area contributed by atoms with E-state index in [4.69, 9.17) is 39.5 Å². The Morgan fingerprint density at radius 1 is 0.909 bits per heavy atom. The molecule has 0 radical (unpaired) electrons. The molecule has 1 saturated heterocycles. The number of aromatic amines is 1. The molecule has 0 amide bonds. The van der Waals surface area contributed by atoms with E-state index < -0.39 is 66.7 Å². The number of hydrogen-bond donors (Lipinski definition) is 7. The van der Waals surface area contributed by atoms with Gasteiger partial charge < -0.3 is 40.6 Å². The minimum atomic E-state index is -5.08. The summed E-state index contributed by atoms with van der Waals surface area (Å²) in [7, 11) is 0. The van der Waals surface area contributed by atoms with Gasteiger partial charge in [-0.15, -0.1) is 0 Å². The Morgan fingerprint density at radius 3 is 1.97 bits per heavy atom. The number of nitrogens with zero attached hydrogens (tertiary/aromatic N) is 8. The van der Waals surface area contributed by atoms with Crippen LogP contribution < -0.4 is 10.1 Å². The third-order valence-corrected chi connectivity index (χ3v) is 9.18. The first-order chi connectivity index (χ1) is 30.5. The number of nitrogens with one attached hydrogen (secondary N) is 2. The lowest BCUT2D eigenvalue weighted by Crippen LogP contribution is -2.65. The molecule has 7 N–H and O–H groups in total. The molecule has 1 aliphatic carbocycles. The quantitative estimate of drug-likeness (QED) is 0.103. The molecule has 2 aliphatic rings. The van der Waals surface area contributed by atoms with E-state index in [2.05, 4.69) is 46.3 Å². The van der Waals surface area contributed by atoms with Crippen LogP contribution in [0.25, 0.3) is 22.3 Å². The summed E-state index contributed by atoms with van der Waals surface area (Å²) in [5.41, 5.74) is 1.96. The topological polar surface area (TPSA) is 286 Å². The van der Waals surface area contributed by atoms with Crippen LogP contribution >= 0.6 is 0 Å². The summed E-state index contributed by atoms with van der Waals surface area (Å²) in [5.74, 6) is -9.71. The van der Waals surface area contributed by atoms with Crippen molar-refractivity contribution in [2.24, 2.45) is 0 Å². The molecule has 0 spiro atoms. The Hall–Kier alpha value is -6.39. The van der Waals surface area contributed by atoms with Crippen molar-refractivity contribution in [1.82, 2.24) is 44.9 Å². The lowest BCUT2D eigenvalue weighted by molar-refractivity contribution is -0.193. The fourth-order valence-corrected chi connectivity index (χ4v) is 6.14. The molecule has 0 aromatic carbocycles. The first kappa shape index (κ1) is 53.9. The van der Waals surface area contributed by atoms with Gasteiger partial charge in [-0.2, -0.15) is 68.0 Å². The SMILES string of the molecule is N#CCC1(n2cc(-c3ncnc4[nH]ccc34)cn2)CN([C@H]2CC[C@@H](Oc3cc(CNCC(O)CO)nc(C(F)(F)F)n3)CC2)C1.O=C(O)C(F)(F)F.O=C(O)C(F)(F)F.O=C(O)C(F)(F)F. The average Bonchev–Trinajstić information content (AvgIpc) is 3.90. The second-order valence-corrected chi connectivity index (χ2v) is 14.0. The van der Waals surface area contributed by atoms with Crippen molar-refractivity contribution >= 4 is 28.9 Å². The fourth-order valence-electron chi connectivity index (χ4n) is 6.14. The van der Waals surface area contributed by atoms with Gasteiger partial charge in [0.15, 0.2) is 0 Å². The highest BCUT2D eigenvalue weighted by atomic mass is 19.4. The maximum absolute atomic E-state index is 13.5. The Balaban J connectivity index is 0.000000457. The van der Waals surface area contributed by atoms with E-state index in [1.807, 2.05) is 23.1 Å². The minimum absolute atomic E-state index is 0.00516. The number of rotatable bonds is 11. The van der Waals surface area contributed by atoms with E-state index in [0.29, 0.717) is 32.4 Å². The molecule has 1 atom stereocenters. The number of H-pyrrole nitrogens is 1. The molecule has 1 aliphatic heterocycles. The Labute approximate surface area is 361 Å². The van der Waals surface area contributed by atoms with Crippen molar-refractivity contribution in [2.75, 3.05) is 26.2 Å². The van der Waals surface area contributed by atoms with Crippen LogP contribution in [0.15, 0.2) is 37.1 Å². The summed E-state index contributed by atoms with van der Waals surface area (Å²) in [6.07, 6.45) is -11.2. The highest BCUT2D eigenvalue weighted by molar-refractivity contribution is 5.90. The van der Waals surface area contributed by atoms with Crippen LogP contribution in [0, 0.1) is 11.3 Å². The maximum atomic E-state index is 13.5. The van der Waals surface area contributed by atoms with Gasteiger partial charge >= 0.3 is 42.6 Å². The molecule has 0 bridgehead atoms. The van der Waals surface area contributed by atoms with Gasteiger partial charge in [-0.25, -0.2) is 29.3 Å². The second-order valence-electron chi connectivity index (χ2n) is 14.0. The van der Waals surface area contributed by atoms with Crippen molar-refractivity contribution in [3.8, 4) is 23.2 Å². The molecule has 364 valence electrons. The smallest absolute Gasteiger partial charge is 0.475 e. The van der Waals surface area contributed by atoms with Gasteiger partial charge in [-0.05, 0) is 31.7 Å². The van der Waals surface area contributed by atoms with E-state index >= 15 is 0 Å². The first-order valence-electron chi connectivity index (χ1n) is 18.5. The number of aliphatic carboxylic acids is 3. The average molecular weight is 969 g/mol. The fraction of sp³-hybridized carbons (Fsp3) is 0.514. The zero-order chi connectivity index (χ0) is 49.8. The minimum Gasteiger partial charge on any atom is -0.475 e. The number of aromatic nitrogens is 7. The van der Waals surface area contributed by atoms with E-state index in [-0.39, 0.29) is 36.8 Å². The van der Waals surface area contributed by atoms with E-state index in [0.717, 1.165) is 35.1 Å². The molecular formula is C35H36F12N10O9. The number of halogens is 12. The second kappa shape index (κ2) is 22.2. The highest BCUT2D eigenvalue weighted by Crippen LogP contribution is 2.39. The molecule has 4 aromatic rings. The van der Waals surface area contributed by atoms with Gasteiger partial charge in [0.25, 0.3) is 0 Å². The molecule has 19 nitrogen and oxygen atoms in total. The van der Waals surface area contributed by atoms with Gasteiger partial charge in [-0.1, -0.05) is 0 Å². The number of nitriles is 1. The summed E-state index contributed by atoms with van der Waals surface area (Å²) in [6, 6.07) is 5.86. The third-order valence-electron chi connectivity index (χ3n) is 9.18. The van der Waals surface area contributed by atoms with Crippen LogP contribution in [0.3, 0.4) is 0 Å². The standard InChI is InChI=1S/C29H33F3N10O3.3C2HF3O2/c30-29(31,32)27-39-19(11-34-12-21(44)14-43)9-24(40-27)45-22-3-1-20(2-4-22)41-15-28(16-41,6-7-33)42-13-18(10-38-42)25-23-5-8-35-26(23)37-17-36-25;3*3-2(4,5)1(6)7/h5,8-10,13,17,20-22,34,43-44H,1-4,6,11-12,14-16H2,(H,35,36,37);3*(H,6,7)/t20-,21?,22+;;;. The molecule has 2 fully saturated rings. The van der Waals surface area contributed by atoms with E-state index in [1.54, 1.807) is 6.20 Å². The lowest BCUT2D eigenvalue weighted by Gasteiger charge is -2.53. The first-order valence-corrected chi connectivity index (χ1v) is 18.5. The van der Waals surface area contributed by atoms with Gasteiger partial charge in [0.2, 0.25) is 11.7 Å². The Kier molecular flexibility index (Phi) is 18.1. The molecule has 4 aromatic heterocycles. The van der Waals surface area contributed by atoms with Crippen LogP contribution in [0.1, 0.15) is 43.6 Å². The predicted octanol–water partition coefficient (Wildman–Crippen LogP) is 4.29. The van der Waals surface area contributed by atoms with Crippen molar-refractivity contribution in [3.63, 3.8) is 0 Å². The molecule has 31 heteroatoms. The largest absolute Gasteiger partial charge is 0.490 e. The normalized spacial score (nSPS) is 17.8. The molecule has 1 unspecified atom stereocenters. The van der Waals surface area contributed by atoms with Crippen molar-refractivity contribution in [1.29, 1.82) is 5.26 Å². The van der Waals surface area contributed by atoms with Crippen molar-refractivity contribution in [2.45, 2.75) is 87.1 Å². The number of alkyl halides is 12. The third kappa shape index (κ3) is 15.7. The zero-order valence-corrected chi connectivity index (χ0v) is 33.2. The van der Waals surface area contributed by atoms with Gasteiger partial charge in [-0.3, -0.25) is 9.58 Å². The highest BCUT2D eigenvalue weighted by Gasteiger charge is 2.48. The molecule has 5 heterocycles. The number of aliphatic hydroxyl groups excluding tert-OH is 2. The molecule has 6 rings (SSSR count). The van der Waals surface area contributed by atoms with Crippen molar-refractivity contribution in [3.05, 3.63) is 48.6 Å². The number of likely N-dealkylation sites (tertiary alicyclic amines) is 1. The summed E-state index contributed by atoms with van der Waals surface area (Å²) >= 11 is 0. The number of carboxylic acid groups (broad SMARTS) is 3. The lowest BCUT2D eigenvalue weighted by atomic mass is 9.82. The van der Waals surface area contributed by atoms with Gasteiger partial charge in [0.1, 0.15) is 23.6 Å². The molecule has 1 saturated carbocycles. The zero-order valence-electron chi connectivity index (χ0n) is 33.2. The summed E-state index contributed by atoms with van der Waals surface area (Å²) < 4.78 is 143. The predicted molar refractivity (Wildman–Crippen MR) is 194 cm³/mol. The monoisotopic (exact) mass is 968 g/mol. The Morgan fingerprint density at radius 2 is 1.47 bits per heavy atom. The summed E-state index contributed by atoms with van der Waals surface area (Å²) in [6.45, 7) is 0.782. The van der Waals surface area contributed by atoms with Crippen LogP contribution in [0.5, 0.6) is 5.88 Å². The van der Waals surface area contributed by atoms with Crippen LogP contribution in [0.2, 0.25) is 0 Å². The summed E-state index contributed by atoms with van der Waals surface area (Å²) in [5, 5.41) is 57.7. The van der Waals surface area contributed by atoms with E-state index in [9.17, 15) is 63.1 Å². The number of aliphatic hydroxyl groups is 2. The Bertz CT molecular complexity index is 2230. The number of fused-ring (bicyclic) bond motifs is 1. The van der Waals surface area contributed by atoms with Gasteiger partial charge in [0, 0.05) is 61.6 Å². The van der Waals surface area contributed by atoms with Crippen molar-refractivity contribution < 1.29 is 97.3 Å². The van der Waals surface area contributed by atoms with Crippen LogP contribution in [-0.2, 0) is 32.6 Å². The number of carbonyl (C=O) groups is 3. The molecular weight excluding hydrogens is 932 g/mol. The number of ether oxygens (including phenoxy) is 1.